The summed E-state index contributed by atoms with van der Waals surface area (Å²) < 4.78 is 10.5. The largest absolute Gasteiger partial charge is 0.469 e. The highest BCUT2D eigenvalue weighted by Gasteiger charge is 2.59. The van der Waals surface area contributed by atoms with Crippen LogP contribution in [0.4, 0.5) is 0 Å². The van der Waals surface area contributed by atoms with Crippen LogP contribution in [0.1, 0.15) is 125 Å². The third-order valence-electron chi connectivity index (χ3n) is 12.3. The highest BCUT2D eigenvalue weighted by atomic mass is 16.5. The fourth-order valence-corrected chi connectivity index (χ4v) is 9.94. The topological polar surface area (TPSA) is 52.6 Å². The monoisotopic (exact) mass is 528 g/mol. The van der Waals surface area contributed by atoms with Gasteiger partial charge in [0.2, 0.25) is 0 Å². The van der Waals surface area contributed by atoms with Gasteiger partial charge in [-0.3, -0.25) is 9.59 Å². The summed E-state index contributed by atoms with van der Waals surface area (Å²) in [7, 11) is 1.36. The molecule has 0 aromatic carbocycles. The third-order valence-corrected chi connectivity index (χ3v) is 12.3. The summed E-state index contributed by atoms with van der Waals surface area (Å²) >= 11 is 0. The lowest BCUT2D eigenvalue weighted by Gasteiger charge is -2.58. The van der Waals surface area contributed by atoms with Gasteiger partial charge in [-0.1, -0.05) is 66.0 Å². The van der Waals surface area contributed by atoms with E-state index in [0.29, 0.717) is 5.41 Å². The molecule has 0 aliphatic heterocycles. The number of allylic oxidation sites excluding steroid dienone is 1. The molecule has 0 aromatic heterocycles. The number of hydrogen-bond acceptors (Lipinski definition) is 4. The van der Waals surface area contributed by atoms with Crippen molar-refractivity contribution in [1.29, 1.82) is 0 Å². The van der Waals surface area contributed by atoms with E-state index in [9.17, 15) is 9.59 Å². The normalized spacial score (nSPS) is 37.9. The van der Waals surface area contributed by atoms with E-state index >= 15 is 0 Å². The number of carbonyl (C=O) groups excluding carboxylic acids is 2. The van der Waals surface area contributed by atoms with E-state index in [1.54, 1.807) is 5.57 Å². The second-order valence-electron chi connectivity index (χ2n) is 14.4. The van der Waals surface area contributed by atoms with Gasteiger partial charge in [0.05, 0.1) is 20.0 Å². The summed E-state index contributed by atoms with van der Waals surface area (Å²) in [6.45, 7) is 15.0. The maximum Gasteiger partial charge on any atom is 0.306 e. The lowest BCUT2D eigenvalue weighted by atomic mass is 9.47. The molecule has 38 heavy (non-hydrogen) atoms. The summed E-state index contributed by atoms with van der Waals surface area (Å²) in [6.07, 6.45) is 16.6. The van der Waals surface area contributed by atoms with E-state index in [1.807, 2.05) is 0 Å². The Kier molecular flexibility index (Phi) is 9.40. The quantitative estimate of drug-likeness (QED) is 0.211. The Labute approximate surface area is 233 Å². The molecule has 0 N–H and O–H groups in total. The zero-order valence-electron chi connectivity index (χ0n) is 25.5. The second-order valence-corrected chi connectivity index (χ2v) is 14.4. The number of fused-ring (bicyclic) bond motifs is 5. The smallest absolute Gasteiger partial charge is 0.306 e. The van der Waals surface area contributed by atoms with E-state index in [2.05, 4.69) is 52.4 Å². The Morgan fingerprint density at radius 1 is 0.974 bits per heavy atom. The molecule has 4 aliphatic carbocycles. The van der Waals surface area contributed by atoms with Crippen LogP contribution < -0.4 is 0 Å². The molecule has 0 amide bonds. The van der Waals surface area contributed by atoms with Gasteiger partial charge in [0.25, 0.3) is 0 Å². The van der Waals surface area contributed by atoms with Gasteiger partial charge in [-0.15, -0.1) is 0 Å². The number of rotatable bonds is 10. The Morgan fingerprint density at radius 3 is 2.39 bits per heavy atom. The van der Waals surface area contributed by atoms with Crippen LogP contribution >= 0.6 is 0 Å². The average Bonchev–Trinajstić information content (AvgIpc) is 3.24. The predicted molar refractivity (Wildman–Crippen MR) is 153 cm³/mol. The zero-order valence-corrected chi connectivity index (χ0v) is 25.5. The van der Waals surface area contributed by atoms with E-state index < -0.39 is 0 Å². The van der Waals surface area contributed by atoms with Crippen molar-refractivity contribution in [3.8, 4) is 0 Å². The predicted octanol–water partition coefficient (Wildman–Crippen LogP) is 8.53. The van der Waals surface area contributed by atoms with Crippen LogP contribution in [0.2, 0.25) is 0 Å². The van der Waals surface area contributed by atoms with Crippen LogP contribution in [0.25, 0.3) is 0 Å². The molecule has 4 heteroatoms. The maximum atomic E-state index is 12.3. The van der Waals surface area contributed by atoms with Crippen LogP contribution in [0.3, 0.4) is 0 Å². The van der Waals surface area contributed by atoms with Gasteiger partial charge in [-0.2, -0.15) is 0 Å². The molecule has 0 radical (unpaired) electrons. The fraction of sp³-hybridized carbons (Fsp3) is 0.882. The average molecular weight is 529 g/mol. The van der Waals surface area contributed by atoms with Crippen LogP contribution in [-0.4, -0.2) is 25.2 Å². The van der Waals surface area contributed by atoms with Crippen LogP contribution in [0.15, 0.2) is 11.6 Å². The third kappa shape index (κ3) is 5.75. The molecular formula is C34H56O4. The van der Waals surface area contributed by atoms with Gasteiger partial charge >= 0.3 is 11.9 Å². The summed E-state index contributed by atoms with van der Waals surface area (Å²) in [5.74, 6) is 5.24. The molecule has 0 bridgehead atoms. The molecule has 0 aromatic rings. The van der Waals surface area contributed by atoms with E-state index in [-0.39, 0.29) is 36.3 Å². The lowest BCUT2D eigenvalue weighted by Crippen LogP contribution is -2.51. The molecule has 4 aliphatic rings. The number of carbonyl (C=O) groups is 2. The second kappa shape index (κ2) is 12.0. The molecule has 9 atom stereocenters. The van der Waals surface area contributed by atoms with Gasteiger partial charge < -0.3 is 9.47 Å². The summed E-state index contributed by atoms with van der Waals surface area (Å²) in [5.41, 5.74) is 2.31. The molecule has 3 saturated carbocycles. The molecule has 4 nitrogen and oxygen atoms in total. The van der Waals surface area contributed by atoms with E-state index in [4.69, 9.17) is 4.74 Å². The van der Waals surface area contributed by atoms with Gasteiger partial charge in [0.1, 0.15) is 6.10 Å². The van der Waals surface area contributed by atoms with E-state index in [0.717, 1.165) is 60.7 Å². The van der Waals surface area contributed by atoms with E-state index in [1.165, 1.54) is 58.5 Å². The van der Waals surface area contributed by atoms with Gasteiger partial charge in [0, 0.05) is 6.42 Å². The lowest BCUT2D eigenvalue weighted by molar-refractivity contribution is -0.154. The number of ether oxygens (including phenoxy) is 2. The number of esters is 2. The Bertz CT molecular complexity index is 876. The first-order valence-electron chi connectivity index (χ1n) is 16.0. The number of methoxy groups -OCH3 is 1. The molecule has 3 unspecified atom stereocenters. The number of hydrogen-bond donors (Lipinski definition) is 0. The minimum atomic E-state index is -0.354. The van der Waals surface area contributed by atoms with Crippen molar-refractivity contribution in [3.05, 3.63) is 11.6 Å². The van der Waals surface area contributed by atoms with Gasteiger partial charge in [0.15, 0.2) is 0 Å². The minimum absolute atomic E-state index is 0.0422. The first-order chi connectivity index (χ1) is 18.0. The van der Waals surface area contributed by atoms with Crippen molar-refractivity contribution in [1.82, 2.24) is 0 Å². The zero-order chi connectivity index (χ0) is 27.7. The van der Waals surface area contributed by atoms with Crippen LogP contribution in [-0.2, 0) is 19.1 Å². The summed E-state index contributed by atoms with van der Waals surface area (Å²) in [5, 5.41) is 0. The highest BCUT2D eigenvalue weighted by molar-refractivity contribution is 5.77. The Morgan fingerprint density at radius 2 is 1.71 bits per heavy atom. The molecule has 4 rings (SSSR count). The molecule has 216 valence electrons. The first-order valence-corrected chi connectivity index (χ1v) is 16.0. The SMILES string of the molecule is CC[C@H](CC[C@@H](C)[C@H]1CCC2C3CC=C4C[C@@H](OC(=O)CCC(=O)OC)CC[C@]4(C)C3CC[C@@]21C)C(C)C. The van der Waals surface area contributed by atoms with Crippen LogP contribution in [0.5, 0.6) is 0 Å². The van der Waals surface area contributed by atoms with Crippen molar-refractivity contribution >= 4 is 11.9 Å². The molecule has 0 saturated heterocycles. The summed E-state index contributed by atoms with van der Waals surface area (Å²) in [6, 6.07) is 0. The van der Waals surface area contributed by atoms with Crippen molar-refractivity contribution in [2.24, 2.45) is 52.3 Å². The molecule has 0 heterocycles. The van der Waals surface area contributed by atoms with Crippen molar-refractivity contribution < 1.29 is 19.1 Å². The Balaban J connectivity index is 1.39. The molecule has 0 spiro atoms. The fourth-order valence-electron chi connectivity index (χ4n) is 9.94. The van der Waals surface area contributed by atoms with Crippen molar-refractivity contribution in [2.45, 2.75) is 131 Å². The van der Waals surface area contributed by atoms with Gasteiger partial charge in [-0.25, -0.2) is 0 Å². The summed E-state index contributed by atoms with van der Waals surface area (Å²) in [4.78, 5) is 23.7. The van der Waals surface area contributed by atoms with Gasteiger partial charge in [-0.05, 0) is 104 Å². The van der Waals surface area contributed by atoms with Crippen LogP contribution in [0, 0.1) is 52.3 Å². The minimum Gasteiger partial charge on any atom is -0.469 e. The maximum absolute atomic E-state index is 12.3. The first kappa shape index (κ1) is 29.7. The molecular weight excluding hydrogens is 472 g/mol. The standard InChI is InChI=1S/C34H56O4/c1-8-24(22(2)3)10-9-23(4)28-13-14-29-27-12-11-25-21-26(38-32(36)16-15-31(35)37-7)17-19-33(25,5)30(27)18-20-34(28,29)6/h11,22-24,26-30H,8-10,12-21H2,1-7H3/t23-,24-,26+,27?,28-,29?,30?,33+,34-/m1/s1. The van der Waals surface area contributed by atoms with Crippen molar-refractivity contribution in [3.63, 3.8) is 0 Å². The Hall–Kier alpha value is -1.32. The highest BCUT2D eigenvalue weighted by Crippen LogP contribution is 2.67. The molecule has 3 fully saturated rings. The van der Waals surface area contributed by atoms with Crippen molar-refractivity contribution in [2.75, 3.05) is 7.11 Å².